The summed E-state index contributed by atoms with van der Waals surface area (Å²) < 4.78 is 12.0. The Kier molecular flexibility index (Phi) is 6.20. The molecule has 1 aromatic heterocycles. The number of ketones is 1. The summed E-state index contributed by atoms with van der Waals surface area (Å²) in [4.78, 5) is 14.6. The second-order valence-electron chi connectivity index (χ2n) is 5.74. The van der Waals surface area contributed by atoms with Crippen LogP contribution in [0.1, 0.15) is 22.2 Å². The zero-order valence-corrected chi connectivity index (χ0v) is 15.0. The van der Waals surface area contributed by atoms with Gasteiger partial charge in [0.2, 0.25) is 0 Å². The molecule has 5 nitrogen and oxygen atoms in total. The predicted molar refractivity (Wildman–Crippen MR) is 95.2 cm³/mol. The fraction of sp³-hybridized carbons (Fsp3) is 0.389. The van der Waals surface area contributed by atoms with Crippen molar-refractivity contribution in [2.45, 2.75) is 6.04 Å². The summed E-state index contributed by atoms with van der Waals surface area (Å²) in [7, 11) is 0. The quantitative estimate of drug-likeness (QED) is 0.734. The van der Waals surface area contributed by atoms with Gasteiger partial charge in [0, 0.05) is 29.7 Å². The number of carbonyl (C=O) groups is 1. The molecule has 3 rings (SSSR count). The maximum absolute atomic E-state index is 12.3. The zero-order valence-electron chi connectivity index (χ0n) is 13.4. The van der Waals surface area contributed by atoms with Gasteiger partial charge in [0.15, 0.2) is 5.78 Å². The minimum atomic E-state index is 0.0858. The van der Waals surface area contributed by atoms with Crippen molar-refractivity contribution in [1.29, 1.82) is 0 Å². The Morgan fingerprint density at radius 3 is 2.62 bits per heavy atom. The van der Waals surface area contributed by atoms with Crippen LogP contribution >= 0.6 is 15.9 Å². The first-order chi connectivity index (χ1) is 11.7. The third-order valence-corrected chi connectivity index (χ3v) is 4.68. The number of hydrogen-bond donors (Lipinski definition) is 1. The van der Waals surface area contributed by atoms with E-state index in [4.69, 9.17) is 9.15 Å². The van der Waals surface area contributed by atoms with Crippen LogP contribution in [0.3, 0.4) is 0 Å². The molecule has 1 fully saturated rings. The molecule has 24 heavy (non-hydrogen) atoms. The number of nitrogens with zero attached hydrogens (tertiary/aromatic N) is 1. The SMILES string of the molecule is O=C(CNCC(c1ccco1)N1CCOCC1)c1ccc(Br)cc1. The highest BCUT2D eigenvalue weighted by atomic mass is 79.9. The van der Waals surface area contributed by atoms with E-state index < -0.39 is 0 Å². The van der Waals surface area contributed by atoms with Gasteiger partial charge in [-0.05, 0) is 24.3 Å². The molecule has 0 bridgehead atoms. The summed E-state index contributed by atoms with van der Waals surface area (Å²) in [5, 5.41) is 3.28. The van der Waals surface area contributed by atoms with Crippen LogP contribution < -0.4 is 5.32 Å². The van der Waals surface area contributed by atoms with Crippen molar-refractivity contribution in [1.82, 2.24) is 10.2 Å². The highest BCUT2D eigenvalue weighted by molar-refractivity contribution is 9.10. The molecule has 1 unspecified atom stereocenters. The van der Waals surface area contributed by atoms with E-state index in [0.717, 1.165) is 36.5 Å². The number of furan rings is 1. The van der Waals surface area contributed by atoms with Crippen molar-refractivity contribution in [3.63, 3.8) is 0 Å². The molecule has 1 aliphatic rings. The van der Waals surface area contributed by atoms with E-state index in [1.165, 1.54) is 0 Å². The number of morpholine rings is 1. The first-order valence-corrected chi connectivity index (χ1v) is 8.88. The molecule has 1 atom stereocenters. The Bertz CT molecular complexity index is 637. The molecule has 128 valence electrons. The summed E-state index contributed by atoms with van der Waals surface area (Å²) in [5.41, 5.74) is 0.714. The van der Waals surface area contributed by atoms with Gasteiger partial charge in [-0.25, -0.2) is 0 Å². The lowest BCUT2D eigenvalue weighted by Gasteiger charge is -2.33. The van der Waals surface area contributed by atoms with E-state index in [9.17, 15) is 4.79 Å². The zero-order chi connectivity index (χ0) is 16.8. The van der Waals surface area contributed by atoms with Crippen molar-refractivity contribution < 1.29 is 13.9 Å². The topological polar surface area (TPSA) is 54.7 Å². The van der Waals surface area contributed by atoms with Gasteiger partial charge in [0.05, 0.1) is 32.1 Å². The molecular formula is C18H21BrN2O3. The molecule has 1 saturated heterocycles. The number of halogens is 1. The van der Waals surface area contributed by atoms with Crippen molar-refractivity contribution in [3.8, 4) is 0 Å². The number of rotatable bonds is 7. The number of hydrogen-bond acceptors (Lipinski definition) is 5. The number of benzene rings is 1. The average molecular weight is 393 g/mol. The van der Waals surface area contributed by atoms with E-state index in [2.05, 4.69) is 26.1 Å². The smallest absolute Gasteiger partial charge is 0.176 e. The van der Waals surface area contributed by atoms with Crippen molar-refractivity contribution in [2.75, 3.05) is 39.4 Å². The van der Waals surface area contributed by atoms with Crippen LogP contribution in [0.25, 0.3) is 0 Å². The molecule has 6 heteroatoms. The van der Waals surface area contributed by atoms with Crippen molar-refractivity contribution >= 4 is 21.7 Å². The summed E-state index contributed by atoms with van der Waals surface area (Å²) in [6, 6.07) is 11.4. The van der Waals surface area contributed by atoms with Gasteiger partial charge in [0.25, 0.3) is 0 Å². The van der Waals surface area contributed by atoms with Gasteiger partial charge in [-0.3, -0.25) is 9.69 Å². The lowest BCUT2D eigenvalue weighted by molar-refractivity contribution is 0.0118. The maximum atomic E-state index is 12.3. The van der Waals surface area contributed by atoms with Crippen LogP contribution in [-0.2, 0) is 4.74 Å². The monoisotopic (exact) mass is 392 g/mol. The summed E-state index contributed by atoms with van der Waals surface area (Å²) in [6.45, 7) is 4.17. The third kappa shape index (κ3) is 4.54. The van der Waals surface area contributed by atoms with E-state index >= 15 is 0 Å². The van der Waals surface area contributed by atoms with Gasteiger partial charge < -0.3 is 14.5 Å². The minimum Gasteiger partial charge on any atom is -0.468 e. The third-order valence-electron chi connectivity index (χ3n) is 4.15. The Morgan fingerprint density at radius 1 is 1.21 bits per heavy atom. The van der Waals surface area contributed by atoms with Gasteiger partial charge in [-0.1, -0.05) is 28.1 Å². The van der Waals surface area contributed by atoms with Crippen LogP contribution in [0.5, 0.6) is 0 Å². The first-order valence-electron chi connectivity index (χ1n) is 8.09. The summed E-state index contributed by atoms with van der Waals surface area (Å²) >= 11 is 3.38. The normalized spacial score (nSPS) is 16.9. The largest absolute Gasteiger partial charge is 0.468 e. The average Bonchev–Trinajstić information content (AvgIpc) is 3.14. The van der Waals surface area contributed by atoms with E-state index in [1.54, 1.807) is 6.26 Å². The first kappa shape index (κ1) is 17.4. The Morgan fingerprint density at radius 2 is 1.96 bits per heavy atom. The predicted octanol–water partition coefficient (Wildman–Crippen LogP) is 2.89. The molecule has 0 radical (unpaired) electrons. The minimum absolute atomic E-state index is 0.0858. The molecule has 1 N–H and O–H groups in total. The van der Waals surface area contributed by atoms with Crippen LogP contribution in [-0.4, -0.2) is 50.1 Å². The Hall–Kier alpha value is -1.47. The molecule has 0 amide bonds. The number of Topliss-reactive ketones (excluding diaryl/α,β-unsaturated/α-hetero) is 1. The van der Waals surface area contributed by atoms with E-state index in [0.29, 0.717) is 18.7 Å². The number of nitrogens with one attached hydrogen (secondary N) is 1. The lowest BCUT2D eigenvalue weighted by atomic mass is 10.1. The molecule has 2 aromatic rings. The van der Waals surface area contributed by atoms with Gasteiger partial charge >= 0.3 is 0 Å². The second kappa shape index (κ2) is 8.58. The van der Waals surface area contributed by atoms with Gasteiger partial charge in [-0.15, -0.1) is 0 Å². The van der Waals surface area contributed by atoms with Crippen LogP contribution in [0.2, 0.25) is 0 Å². The molecule has 2 heterocycles. The van der Waals surface area contributed by atoms with Crippen LogP contribution in [0, 0.1) is 0 Å². The molecule has 1 aromatic carbocycles. The van der Waals surface area contributed by atoms with Crippen LogP contribution in [0.15, 0.2) is 51.6 Å². The number of carbonyl (C=O) groups excluding carboxylic acids is 1. The Labute approximate surface area is 150 Å². The number of ether oxygens (including phenoxy) is 1. The van der Waals surface area contributed by atoms with E-state index in [-0.39, 0.29) is 11.8 Å². The van der Waals surface area contributed by atoms with Crippen LogP contribution in [0.4, 0.5) is 0 Å². The molecule has 1 aliphatic heterocycles. The van der Waals surface area contributed by atoms with E-state index in [1.807, 2.05) is 36.4 Å². The maximum Gasteiger partial charge on any atom is 0.176 e. The highest BCUT2D eigenvalue weighted by Gasteiger charge is 2.24. The molecule has 0 aliphatic carbocycles. The van der Waals surface area contributed by atoms with Gasteiger partial charge in [-0.2, -0.15) is 0 Å². The second-order valence-corrected chi connectivity index (χ2v) is 6.66. The molecule has 0 spiro atoms. The molecule has 0 saturated carbocycles. The lowest BCUT2D eigenvalue weighted by Crippen LogP contribution is -2.43. The molecular weight excluding hydrogens is 372 g/mol. The van der Waals surface area contributed by atoms with Crippen molar-refractivity contribution in [3.05, 3.63) is 58.5 Å². The summed E-state index contributed by atoms with van der Waals surface area (Å²) in [6.07, 6.45) is 1.69. The highest BCUT2D eigenvalue weighted by Crippen LogP contribution is 2.21. The fourth-order valence-corrected chi connectivity index (χ4v) is 3.10. The Balaban J connectivity index is 1.57. The van der Waals surface area contributed by atoms with Gasteiger partial charge in [0.1, 0.15) is 5.76 Å². The fourth-order valence-electron chi connectivity index (χ4n) is 2.84. The summed E-state index contributed by atoms with van der Waals surface area (Å²) in [5.74, 6) is 1.00. The standard InChI is InChI=1S/C18H21BrN2O3/c19-15-5-3-14(4-6-15)17(22)13-20-12-16(18-2-1-9-24-18)21-7-10-23-11-8-21/h1-6,9,16,20H,7-8,10-13H2. The van der Waals surface area contributed by atoms with Crippen molar-refractivity contribution in [2.24, 2.45) is 0 Å².